The number of benzene rings is 2. The normalized spacial score (nSPS) is 12.0. The molecule has 4 rings (SSSR count). The number of aliphatic hydroxyl groups excluding tert-OH is 1. The second-order valence-electron chi connectivity index (χ2n) is 8.27. The molecule has 0 radical (unpaired) electrons. The Balaban J connectivity index is 1.28. The summed E-state index contributed by atoms with van der Waals surface area (Å²) in [5.41, 5.74) is 2.71. The molecule has 180 valence electrons. The van der Waals surface area contributed by atoms with Crippen LogP contribution in [0.4, 0.5) is 0 Å². The van der Waals surface area contributed by atoms with E-state index in [2.05, 4.69) is 20.3 Å². The molecule has 0 aliphatic heterocycles. The maximum absolute atomic E-state index is 12.9. The Morgan fingerprint density at radius 3 is 2.66 bits per heavy atom. The van der Waals surface area contributed by atoms with E-state index in [0.717, 1.165) is 12.0 Å². The van der Waals surface area contributed by atoms with E-state index in [-0.39, 0.29) is 18.0 Å². The third-order valence-electron chi connectivity index (χ3n) is 5.66. The average molecular weight is 492 g/mol. The van der Waals surface area contributed by atoms with Gasteiger partial charge in [-0.25, -0.2) is 9.97 Å². The fraction of sp³-hybridized carbons (Fsp3) is 0.231. The van der Waals surface area contributed by atoms with Crippen LogP contribution in [0.3, 0.4) is 0 Å². The molecular weight excluding hydrogens is 466 g/mol. The lowest BCUT2D eigenvalue weighted by Crippen LogP contribution is -2.28. The number of para-hydroxylation sites is 1. The quantitative estimate of drug-likeness (QED) is 0.245. The molecule has 4 aromatic rings. The number of halogens is 1. The number of rotatable bonds is 9. The van der Waals surface area contributed by atoms with Crippen LogP contribution in [0.15, 0.2) is 71.7 Å². The van der Waals surface area contributed by atoms with Gasteiger partial charge in [0.05, 0.1) is 23.6 Å². The van der Waals surface area contributed by atoms with E-state index in [1.54, 1.807) is 55.7 Å². The minimum Gasteiger partial charge on any atom is -0.387 e. The highest BCUT2D eigenvalue weighted by molar-refractivity contribution is 6.29. The summed E-state index contributed by atoms with van der Waals surface area (Å²) in [4.78, 5) is 37.8. The Kier molecular flexibility index (Phi) is 7.87. The molecule has 0 fully saturated rings. The number of carbonyl (C=O) groups excluding carboxylic acids is 1. The zero-order valence-electron chi connectivity index (χ0n) is 19.2. The summed E-state index contributed by atoms with van der Waals surface area (Å²) in [6.45, 7) is 1.26. The van der Waals surface area contributed by atoms with Gasteiger partial charge in [0.15, 0.2) is 0 Å². The number of hydrogen-bond acceptors (Lipinski definition) is 6. The summed E-state index contributed by atoms with van der Waals surface area (Å²) in [6, 6.07) is 17.9. The number of aromatic nitrogens is 3. The lowest BCUT2D eigenvalue weighted by Gasteiger charge is -2.17. The standard InChI is InChI=1S/C26H26ClN5O3/c1-32(16-24-30-21-5-3-2-4-20(21)25(34)31-24)26(35)18-8-6-17(7-9-18)12-13-28-15-22(33)19-10-11-23(27)29-14-19/h2-11,14,22,28,33H,12-13,15-16H2,1H3,(H,30,31,34)/t22-/m0/s1. The number of aliphatic hydroxyl groups is 1. The Morgan fingerprint density at radius 1 is 1.14 bits per heavy atom. The van der Waals surface area contributed by atoms with Crippen LogP contribution in [0.5, 0.6) is 0 Å². The first kappa shape index (κ1) is 24.5. The molecule has 0 aliphatic carbocycles. The number of pyridine rings is 1. The number of nitrogens with one attached hydrogen (secondary N) is 2. The molecule has 8 nitrogen and oxygen atoms in total. The van der Waals surface area contributed by atoms with Crippen LogP contribution in [0.2, 0.25) is 5.15 Å². The number of amides is 1. The molecule has 35 heavy (non-hydrogen) atoms. The van der Waals surface area contributed by atoms with Crippen molar-refractivity contribution in [2.75, 3.05) is 20.1 Å². The van der Waals surface area contributed by atoms with Crippen LogP contribution in [-0.4, -0.2) is 51.0 Å². The third-order valence-corrected chi connectivity index (χ3v) is 5.88. The van der Waals surface area contributed by atoms with Gasteiger partial charge in [-0.15, -0.1) is 0 Å². The van der Waals surface area contributed by atoms with Crippen molar-refractivity contribution < 1.29 is 9.90 Å². The van der Waals surface area contributed by atoms with Gasteiger partial charge in [0.2, 0.25) is 0 Å². The number of carbonyl (C=O) groups is 1. The lowest BCUT2D eigenvalue weighted by molar-refractivity contribution is 0.0781. The van der Waals surface area contributed by atoms with Gasteiger partial charge >= 0.3 is 0 Å². The molecule has 2 heterocycles. The second-order valence-corrected chi connectivity index (χ2v) is 8.66. The number of nitrogens with zero attached hydrogens (tertiary/aromatic N) is 3. The van der Waals surface area contributed by atoms with Gasteiger partial charge in [0.25, 0.3) is 11.5 Å². The van der Waals surface area contributed by atoms with E-state index in [1.165, 1.54) is 4.90 Å². The molecule has 2 aromatic heterocycles. The molecule has 1 amide bonds. The highest BCUT2D eigenvalue weighted by Crippen LogP contribution is 2.14. The van der Waals surface area contributed by atoms with Gasteiger partial charge in [-0.05, 0) is 48.9 Å². The molecule has 1 atom stereocenters. The van der Waals surface area contributed by atoms with Crippen LogP contribution in [0.25, 0.3) is 10.9 Å². The Morgan fingerprint density at radius 2 is 1.91 bits per heavy atom. The molecule has 0 saturated carbocycles. The SMILES string of the molecule is CN(Cc1nc2ccccc2c(=O)[nH]1)C(=O)c1ccc(CCNC[C@H](O)c2ccc(Cl)nc2)cc1. The summed E-state index contributed by atoms with van der Waals surface area (Å²) in [5, 5.41) is 14.4. The molecule has 2 aromatic carbocycles. The van der Waals surface area contributed by atoms with Crippen molar-refractivity contribution in [1.29, 1.82) is 0 Å². The van der Waals surface area contributed by atoms with E-state index < -0.39 is 6.10 Å². The fourth-order valence-corrected chi connectivity index (χ4v) is 3.83. The van der Waals surface area contributed by atoms with E-state index >= 15 is 0 Å². The maximum atomic E-state index is 12.9. The molecule has 0 saturated heterocycles. The van der Waals surface area contributed by atoms with Crippen LogP contribution in [0, 0.1) is 0 Å². The Hall–Kier alpha value is -3.59. The number of aromatic amines is 1. The van der Waals surface area contributed by atoms with E-state index in [1.807, 2.05) is 18.2 Å². The van der Waals surface area contributed by atoms with Crippen molar-refractivity contribution in [3.05, 3.63) is 105 Å². The van der Waals surface area contributed by atoms with Crippen LogP contribution in [-0.2, 0) is 13.0 Å². The van der Waals surface area contributed by atoms with Crippen LogP contribution in [0.1, 0.15) is 33.4 Å². The first-order valence-corrected chi connectivity index (χ1v) is 11.6. The average Bonchev–Trinajstić information content (AvgIpc) is 2.87. The summed E-state index contributed by atoms with van der Waals surface area (Å²) >= 11 is 5.77. The van der Waals surface area contributed by atoms with E-state index in [0.29, 0.717) is 46.1 Å². The topological polar surface area (TPSA) is 111 Å². The second kappa shape index (κ2) is 11.2. The maximum Gasteiger partial charge on any atom is 0.258 e. The zero-order chi connectivity index (χ0) is 24.8. The molecule has 0 aliphatic rings. The van der Waals surface area contributed by atoms with E-state index in [4.69, 9.17) is 11.6 Å². The van der Waals surface area contributed by atoms with Gasteiger partial charge in [0, 0.05) is 30.9 Å². The molecular formula is C26H26ClN5O3. The predicted molar refractivity (Wildman–Crippen MR) is 135 cm³/mol. The Bertz CT molecular complexity index is 1360. The zero-order valence-corrected chi connectivity index (χ0v) is 20.0. The molecule has 3 N–H and O–H groups in total. The smallest absolute Gasteiger partial charge is 0.258 e. The van der Waals surface area contributed by atoms with Gasteiger partial charge in [-0.1, -0.05) is 41.9 Å². The van der Waals surface area contributed by atoms with Gasteiger partial charge in [-0.2, -0.15) is 0 Å². The van der Waals surface area contributed by atoms with Crippen molar-refractivity contribution >= 4 is 28.4 Å². The molecule has 0 bridgehead atoms. The van der Waals surface area contributed by atoms with Crippen molar-refractivity contribution in [3.63, 3.8) is 0 Å². The molecule has 0 unspecified atom stereocenters. The van der Waals surface area contributed by atoms with Gasteiger partial charge < -0.3 is 20.3 Å². The largest absolute Gasteiger partial charge is 0.387 e. The highest BCUT2D eigenvalue weighted by Gasteiger charge is 2.14. The fourth-order valence-electron chi connectivity index (χ4n) is 3.71. The van der Waals surface area contributed by atoms with Gasteiger partial charge in [0.1, 0.15) is 11.0 Å². The minimum atomic E-state index is -0.665. The van der Waals surface area contributed by atoms with Crippen molar-refractivity contribution in [1.82, 2.24) is 25.2 Å². The first-order valence-electron chi connectivity index (χ1n) is 11.2. The highest BCUT2D eigenvalue weighted by atomic mass is 35.5. The van der Waals surface area contributed by atoms with Crippen molar-refractivity contribution in [2.45, 2.75) is 19.1 Å². The number of H-pyrrole nitrogens is 1. The first-order chi connectivity index (χ1) is 16.9. The number of hydrogen-bond donors (Lipinski definition) is 3. The third kappa shape index (κ3) is 6.30. The summed E-state index contributed by atoms with van der Waals surface area (Å²) in [6.07, 6.45) is 1.65. The summed E-state index contributed by atoms with van der Waals surface area (Å²) in [7, 11) is 1.68. The number of fused-ring (bicyclic) bond motifs is 1. The molecule has 9 heteroatoms. The van der Waals surface area contributed by atoms with Gasteiger partial charge in [-0.3, -0.25) is 9.59 Å². The predicted octanol–water partition coefficient (Wildman–Crippen LogP) is 3.11. The summed E-state index contributed by atoms with van der Waals surface area (Å²) in [5.74, 6) is 0.272. The van der Waals surface area contributed by atoms with Crippen molar-refractivity contribution in [3.8, 4) is 0 Å². The Labute approximate surface area is 207 Å². The minimum absolute atomic E-state index is 0.162. The summed E-state index contributed by atoms with van der Waals surface area (Å²) < 4.78 is 0. The lowest BCUT2D eigenvalue weighted by atomic mass is 10.1. The van der Waals surface area contributed by atoms with E-state index in [9.17, 15) is 14.7 Å². The monoisotopic (exact) mass is 491 g/mol. The van der Waals surface area contributed by atoms with Crippen molar-refractivity contribution in [2.24, 2.45) is 0 Å². The van der Waals surface area contributed by atoms with Crippen LogP contribution >= 0.6 is 11.6 Å². The molecule has 0 spiro atoms. The van der Waals surface area contributed by atoms with Crippen LogP contribution < -0.4 is 10.9 Å².